The molecule has 1 rings (SSSR count). The van der Waals surface area contributed by atoms with E-state index in [2.05, 4.69) is 64.1 Å². The van der Waals surface area contributed by atoms with E-state index in [0.29, 0.717) is 0 Å². The van der Waals surface area contributed by atoms with Crippen molar-refractivity contribution < 1.29 is 0 Å². The highest BCUT2D eigenvalue weighted by atomic mass is 14.0. The highest BCUT2D eigenvalue weighted by Gasteiger charge is 1.95. The zero-order valence-electron chi connectivity index (χ0n) is 10.2. The van der Waals surface area contributed by atoms with E-state index in [4.69, 9.17) is 0 Å². The summed E-state index contributed by atoms with van der Waals surface area (Å²) in [4.78, 5) is 0. The zero-order chi connectivity index (χ0) is 11.3. The van der Waals surface area contributed by atoms with Gasteiger partial charge in [0.25, 0.3) is 0 Å². The first-order chi connectivity index (χ1) is 7.15. The SMILES string of the molecule is CCC(C)=CC=Cc1cccc(C)c1C. The fourth-order valence-electron chi connectivity index (χ4n) is 1.39. The van der Waals surface area contributed by atoms with Crippen molar-refractivity contribution in [2.75, 3.05) is 0 Å². The van der Waals surface area contributed by atoms with Crippen LogP contribution in [0.1, 0.15) is 37.0 Å². The molecule has 0 aliphatic heterocycles. The average molecular weight is 200 g/mol. The minimum Gasteiger partial charge on any atom is -0.0736 e. The van der Waals surface area contributed by atoms with Gasteiger partial charge in [0.05, 0.1) is 0 Å². The van der Waals surface area contributed by atoms with Crippen LogP contribution in [0.4, 0.5) is 0 Å². The van der Waals surface area contributed by atoms with Crippen LogP contribution in [-0.2, 0) is 0 Å². The average Bonchev–Trinajstić information content (AvgIpc) is 2.24. The van der Waals surface area contributed by atoms with E-state index in [9.17, 15) is 0 Å². The van der Waals surface area contributed by atoms with Crippen molar-refractivity contribution in [3.8, 4) is 0 Å². The van der Waals surface area contributed by atoms with E-state index >= 15 is 0 Å². The predicted octanol–water partition coefficient (Wildman–Crippen LogP) is 4.67. The number of hydrogen-bond acceptors (Lipinski definition) is 0. The summed E-state index contributed by atoms with van der Waals surface area (Å²) in [5, 5.41) is 0. The summed E-state index contributed by atoms with van der Waals surface area (Å²) in [6, 6.07) is 6.42. The maximum absolute atomic E-state index is 2.18. The second kappa shape index (κ2) is 5.55. The number of aryl methyl sites for hydroxylation is 1. The molecule has 0 nitrogen and oxygen atoms in total. The molecular formula is C15H20. The normalized spacial score (nSPS) is 12.4. The third kappa shape index (κ3) is 3.39. The molecule has 1 aromatic rings. The minimum atomic E-state index is 1.12. The Morgan fingerprint density at radius 3 is 2.67 bits per heavy atom. The van der Waals surface area contributed by atoms with Gasteiger partial charge in [0, 0.05) is 0 Å². The first kappa shape index (κ1) is 11.8. The van der Waals surface area contributed by atoms with Gasteiger partial charge in [-0.3, -0.25) is 0 Å². The van der Waals surface area contributed by atoms with Crippen LogP contribution in [0, 0.1) is 13.8 Å². The Labute approximate surface area is 93.3 Å². The fourth-order valence-corrected chi connectivity index (χ4v) is 1.39. The Bertz CT molecular complexity index is 381. The monoisotopic (exact) mass is 200 g/mol. The Morgan fingerprint density at radius 2 is 2.00 bits per heavy atom. The van der Waals surface area contributed by atoms with Gasteiger partial charge in [-0.1, -0.05) is 48.9 Å². The highest BCUT2D eigenvalue weighted by Crippen LogP contribution is 2.14. The van der Waals surface area contributed by atoms with Gasteiger partial charge in [-0.15, -0.1) is 0 Å². The Morgan fingerprint density at radius 1 is 1.27 bits per heavy atom. The Balaban J connectivity index is 2.86. The molecule has 0 spiro atoms. The van der Waals surface area contributed by atoms with Crippen LogP contribution >= 0.6 is 0 Å². The summed E-state index contributed by atoms with van der Waals surface area (Å²) < 4.78 is 0. The van der Waals surface area contributed by atoms with Crippen LogP contribution in [0.5, 0.6) is 0 Å². The lowest BCUT2D eigenvalue weighted by molar-refractivity contribution is 1.10. The van der Waals surface area contributed by atoms with Gasteiger partial charge in [0.15, 0.2) is 0 Å². The lowest BCUT2D eigenvalue weighted by Crippen LogP contribution is -1.84. The second-order valence-corrected chi connectivity index (χ2v) is 4.01. The van der Waals surface area contributed by atoms with Crippen molar-refractivity contribution >= 4 is 6.08 Å². The lowest BCUT2D eigenvalue weighted by atomic mass is 10.0. The van der Waals surface area contributed by atoms with Crippen LogP contribution < -0.4 is 0 Å². The summed E-state index contributed by atoms with van der Waals surface area (Å²) in [6.07, 6.45) is 7.63. The molecule has 0 amide bonds. The molecule has 1 aromatic carbocycles. The number of allylic oxidation sites excluding steroid dienone is 3. The molecule has 0 saturated carbocycles. The highest BCUT2D eigenvalue weighted by molar-refractivity contribution is 5.56. The molecule has 0 atom stereocenters. The van der Waals surface area contributed by atoms with Gasteiger partial charge >= 0.3 is 0 Å². The van der Waals surface area contributed by atoms with E-state index in [-0.39, 0.29) is 0 Å². The van der Waals surface area contributed by atoms with E-state index in [1.54, 1.807) is 0 Å². The molecule has 0 aliphatic carbocycles. The quantitative estimate of drug-likeness (QED) is 0.622. The van der Waals surface area contributed by atoms with Gasteiger partial charge in [-0.25, -0.2) is 0 Å². The van der Waals surface area contributed by atoms with Crippen molar-refractivity contribution in [1.82, 2.24) is 0 Å². The Hall–Kier alpha value is -1.30. The molecule has 0 saturated heterocycles. The maximum Gasteiger partial charge on any atom is -0.0225 e. The topological polar surface area (TPSA) is 0 Å². The lowest BCUT2D eigenvalue weighted by Gasteiger charge is -2.03. The van der Waals surface area contributed by atoms with E-state index < -0.39 is 0 Å². The van der Waals surface area contributed by atoms with Crippen molar-refractivity contribution in [3.63, 3.8) is 0 Å². The molecule has 15 heavy (non-hydrogen) atoms. The van der Waals surface area contributed by atoms with E-state index in [0.717, 1.165) is 6.42 Å². The summed E-state index contributed by atoms with van der Waals surface area (Å²) in [5.74, 6) is 0. The molecule has 0 aliphatic rings. The first-order valence-electron chi connectivity index (χ1n) is 5.55. The number of hydrogen-bond donors (Lipinski definition) is 0. The Kier molecular flexibility index (Phi) is 4.36. The zero-order valence-corrected chi connectivity index (χ0v) is 10.2. The molecule has 0 unspecified atom stereocenters. The van der Waals surface area contributed by atoms with Crippen molar-refractivity contribution in [2.24, 2.45) is 0 Å². The molecule has 0 aromatic heterocycles. The molecule has 80 valence electrons. The van der Waals surface area contributed by atoms with Crippen LogP contribution in [0.3, 0.4) is 0 Å². The molecular weight excluding hydrogens is 180 g/mol. The smallest absolute Gasteiger partial charge is 0.0225 e. The van der Waals surface area contributed by atoms with Crippen LogP contribution in [-0.4, -0.2) is 0 Å². The molecule has 0 N–H and O–H groups in total. The predicted molar refractivity (Wildman–Crippen MR) is 69.0 cm³/mol. The first-order valence-corrected chi connectivity index (χ1v) is 5.55. The van der Waals surface area contributed by atoms with Gasteiger partial charge in [-0.05, 0) is 43.9 Å². The van der Waals surface area contributed by atoms with E-state index in [1.165, 1.54) is 22.3 Å². The third-order valence-corrected chi connectivity index (χ3v) is 2.86. The van der Waals surface area contributed by atoms with Gasteiger partial charge in [0.2, 0.25) is 0 Å². The van der Waals surface area contributed by atoms with Crippen molar-refractivity contribution in [2.45, 2.75) is 34.1 Å². The molecule has 0 bridgehead atoms. The van der Waals surface area contributed by atoms with Crippen LogP contribution in [0.15, 0.2) is 35.9 Å². The second-order valence-electron chi connectivity index (χ2n) is 4.01. The molecule has 0 heteroatoms. The van der Waals surface area contributed by atoms with E-state index in [1.807, 2.05) is 0 Å². The molecule has 0 fully saturated rings. The van der Waals surface area contributed by atoms with Crippen LogP contribution in [0.25, 0.3) is 6.08 Å². The number of rotatable bonds is 3. The van der Waals surface area contributed by atoms with Crippen molar-refractivity contribution in [1.29, 1.82) is 0 Å². The summed E-state index contributed by atoms with van der Waals surface area (Å²) in [6.45, 7) is 8.66. The largest absolute Gasteiger partial charge is 0.0736 e. The standard InChI is InChI=1S/C15H20/c1-5-12(2)8-6-10-15-11-7-9-13(3)14(15)4/h6-11H,5H2,1-4H3. The third-order valence-electron chi connectivity index (χ3n) is 2.86. The van der Waals surface area contributed by atoms with Gasteiger partial charge in [0.1, 0.15) is 0 Å². The molecule has 0 radical (unpaired) electrons. The molecule has 0 heterocycles. The maximum atomic E-state index is 2.18. The van der Waals surface area contributed by atoms with Crippen molar-refractivity contribution in [3.05, 3.63) is 52.6 Å². The van der Waals surface area contributed by atoms with Gasteiger partial charge in [-0.2, -0.15) is 0 Å². The minimum absolute atomic E-state index is 1.12. The number of benzene rings is 1. The van der Waals surface area contributed by atoms with Crippen LogP contribution in [0.2, 0.25) is 0 Å². The van der Waals surface area contributed by atoms with Gasteiger partial charge < -0.3 is 0 Å². The summed E-state index contributed by atoms with van der Waals surface area (Å²) >= 11 is 0. The summed E-state index contributed by atoms with van der Waals surface area (Å²) in [7, 11) is 0. The fraction of sp³-hybridized carbons (Fsp3) is 0.333. The summed E-state index contributed by atoms with van der Waals surface area (Å²) in [5.41, 5.74) is 5.45.